The van der Waals surface area contributed by atoms with Gasteiger partial charge in [-0.1, -0.05) is 19.1 Å². The van der Waals surface area contributed by atoms with E-state index in [-0.39, 0.29) is 0 Å². The van der Waals surface area contributed by atoms with Crippen molar-refractivity contribution in [2.45, 2.75) is 13.3 Å². The van der Waals surface area contributed by atoms with E-state index in [1.165, 1.54) is 4.88 Å². The quantitative estimate of drug-likeness (QED) is 0.694. The molecule has 10 heavy (non-hydrogen) atoms. The summed E-state index contributed by atoms with van der Waals surface area (Å²) in [5.74, 6) is 0. The molecule has 2 heteroatoms. The maximum Gasteiger partial charge on any atom is 0.0496 e. The van der Waals surface area contributed by atoms with Gasteiger partial charge in [-0.25, -0.2) is 0 Å². The second kappa shape index (κ2) is 3.42. The van der Waals surface area contributed by atoms with Crippen LogP contribution in [0.3, 0.4) is 0 Å². The molecule has 0 amide bonds. The van der Waals surface area contributed by atoms with E-state index in [4.69, 9.17) is 5.73 Å². The predicted molar refractivity (Wildman–Crippen MR) is 46.8 cm³/mol. The van der Waals surface area contributed by atoms with Crippen molar-refractivity contribution < 1.29 is 0 Å². The minimum atomic E-state index is 0.900. The van der Waals surface area contributed by atoms with Crippen LogP contribution in [0.15, 0.2) is 23.6 Å². The van der Waals surface area contributed by atoms with Gasteiger partial charge in [-0.15, -0.1) is 11.3 Å². The van der Waals surface area contributed by atoms with Crippen molar-refractivity contribution in [1.82, 2.24) is 0 Å². The molecule has 1 nitrogen and oxygen atoms in total. The Hall–Kier alpha value is -0.760. The number of hydrogen-bond donors (Lipinski definition) is 1. The Morgan fingerprint density at radius 3 is 3.10 bits per heavy atom. The van der Waals surface area contributed by atoms with Gasteiger partial charge in [0.05, 0.1) is 0 Å². The summed E-state index contributed by atoms with van der Waals surface area (Å²) in [5, 5.41) is 2.03. The van der Waals surface area contributed by atoms with Crippen LogP contribution in [-0.2, 0) is 0 Å². The van der Waals surface area contributed by atoms with E-state index in [0.29, 0.717) is 0 Å². The van der Waals surface area contributed by atoms with Crippen LogP contribution in [-0.4, -0.2) is 0 Å². The molecule has 0 fully saturated rings. The fourth-order valence-electron chi connectivity index (χ4n) is 0.763. The standard InChI is InChI=1S/C8H11NS/c1-2-4-7(9)8-5-3-6-10-8/h3-6H,2,9H2,1H3. The monoisotopic (exact) mass is 153 g/mol. The molecule has 0 saturated heterocycles. The minimum Gasteiger partial charge on any atom is -0.398 e. The first-order valence-electron chi connectivity index (χ1n) is 3.34. The first-order chi connectivity index (χ1) is 4.84. The summed E-state index contributed by atoms with van der Waals surface area (Å²) < 4.78 is 0. The summed E-state index contributed by atoms with van der Waals surface area (Å²) >= 11 is 1.68. The van der Waals surface area contributed by atoms with E-state index in [0.717, 1.165) is 12.1 Å². The van der Waals surface area contributed by atoms with Crippen LogP contribution in [0.1, 0.15) is 18.2 Å². The van der Waals surface area contributed by atoms with Gasteiger partial charge < -0.3 is 5.73 Å². The molecule has 0 aliphatic carbocycles. The van der Waals surface area contributed by atoms with E-state index in [1.807, 2.05) is 23.6 Å². The molecule has 0 unspecified atom stereocenters. The molecular weight excluding hydrogens is 142 g/mol. The van der Waals surface area contributed by atoms with Crippen LogP contribution in [0.25, 0.3) is 5.70 Å². The van der Waals surface area contributed by atoms with Gasteiger partial charge >= 0.3 is 0 Å². The Kier molecular flexibility index (Phi) is 2.51. The molecule has 1 aromatic rings. The van der Waals surface area contributed by atoms with Gasteiger partial charge in [-0.3, -0.25) is 0 Å². The van der Waals surface area contributed by atoms with Crippen LogP contribution >= 0.6 is 11.3 Å². The van der Waals surface area contributed by atoms with E-state index in [1.54, 1.807) is 11.3 Å². The first kappa shape index (κ1) is 7.35. The third-order valence-electron chi connectivity index (χ3n) is 1.23. The van der Waals surface area contributed by atoms with Gasteiger partial charge in [-0.2, -0.15) is 0 Å². The Bertz CT molecular complexity index is 211. The van der Waals surface area contributed by atoms with Crippen molar-refractivity contribution >= 4 is 17.0 Å². The lowest BCUT2D eigenvalue weighted by Crippen LogP contribution is -1.91. The number of rotatable bonds is 2. The third kappa shape index (κ3) is 1.61. The number of allylic oxidation sites excluding steroid dienone is 1. The van der Waals surface area contributed by atoms with E-state index in [9.17, 15) is 0 Å². The minimum absolute atomic E-state index is 0.900. The van der Waals surface area contributed by atoms with Crippen LogP contribution < -0.4 is 5.73 Å². The Morgan fingerprint density at radius 1 is 1.80 bits per heavy atom. The van der Waals surface area contributed by atoms with Crippen molar-refractivity contribution in [3.8, 4) is 0 Å². The van der Waals surface area contributed by atoms with Crippen LogP contribution in [0.5, 0.6) is 0 Å². The largest absolute Gasteiger partial charge is 0.398 e. The molecule has 0 saturated carbocycles. The molecule has 0 radical (unpaired) electrons. The second-order valence-electron chi connectivity index (χ2n) is 2.05. The van der Waals surface area contributed by atoms with Crippen molar-refractivity contribution in [1.29, 1.82) is 0 Å². The number of nitrogens with two attached hydrogens (primary N) is 1. The zero-order chi connectivity index (χ0) is 7.40. The molecule has 0 bridgehead atoms. The van der Waals surface area contributed by atoms with Crippen LogP contribution in [0.2, 0.25) is 0 Å². The van der Waals surface area contributed by atoms with Gasteiger partial charge in [0.1, 0.15) is 0 Å². The molecule has 0 aromatic carbocycles. The third-order valence-corrected chi connectivity index (χ3v) is 2.15. The summed E-state index contributed by atoms with van der Waals surface area (Å²) in [6.45, 7) is 2.08. The van der Waals surface area contributed by atoms with Crippen LogP contribution in [0.4, 0.5) is 0 Å². The molecule has 2 N–H and O–H groups in total. The van der Waals surface area contributed by atoms with Gasteiger partial charge in [-0.05, 0) is 17.9 Å². The highest BCUT2D eigenvalue weighted by atomic mass is 32.1. The van der Waals surface area contributed by atoms with E-state index >= 15 is 0 Å². The zero-order valence-electron chi connectivity index (χ0n) is 6.00. The van der Waals surface area contributed by atoms with Gasteiger partial charge in [0.25, 0.3) is 0 Å². The normalized spacial score (nSPS) is 11.9. The fourth-order valence-corrected chi connectivity index (χ4v) is 1.44. The average Bonchev–Trinajstić information content (AvgIpc) is 2.38. The highest BCUT2D eigenvalue weighted by Gasteiger charge is 1.93. The number of thiophene rings is 1. The van der Waals surface area contributed by atoms with E-state index < -0.39 is 0 Å². The lowest BCUT2D eigenvalue weighted by molar-refractivity contribution is 1.22. The summed E-state index contributed by atoms with van der Waals surface area (Å²) in [4.78, 5) is 1.17. The second-order valence-corrected chi connectivity index (χ2v) is 2.99. The van der Waals surface area contributed by atoms with Crippen molar-refractivity contribution in [2.24, 2.45) is 5.73 Å². The van der Waals surface area contributed by atoms with Crippen molar-refractivity contribution in [3.63, 3.8) is 0 Å². The highest BCUT2D eigenvalue weighted by molar-refractivity contribution is 7.11. The Balaban J connectivity index is 2.77. The molecule has 0 aliphatic heterocycles. The number of hydrogen-bond acceptors (Lipinski definition) is 2. The summed E-state index contributed by atoms with van der Waals surface area (Å²) in [6, 6.07) is 4.04. The maximum atomic E-state index is 5.72. The summed E-state index contributed by atoms with van der Waals surface area (Å²) in [6.07, 6.45) is 3.04. The van der Waals surface area contributed by atoms with Crippen LogP contribution in [0, 0.1) is 0 Å². The average molecular weight is 153 g/mol. The van der Waals surface area contributed by atoms with Gasteiger partial charge in [0.2, 0.25) is 0 Å². The van der Waals surface area contributed by atoms with Gasteiger partial charge in [0.15, 0.2) is 0 Å². The molecule has 0 spiro atoms. The summed E-state index contributed by atoms with van der Waals surface area (Å²) in [5.41, 5.74) is 6.62. The molecule has 54 valence electrons. The maximum absolute atomic E-state index is 5.72. The first-order valence-corrected chi connectivity index (χ1v) is 4.22. The van der Waals surface area contributed by atoms with E-state index in [2.05, 4.69) is 6.92 Å². The molecule has 1 heterocycles. The lowest BCUT2D eigenvalue weighted by Gasteiger charge is -1.93. The Labute approximate surface area is 65.2 Å². The van der Waals surface area contributed by atoms with Crippen molar-refractivity contribution in [2.75, 3.05) is 0 Å². The smallest absolute Gasteiger partial charge is 0.0496 e. The van der Waals surface area contributed by atoms with Gasteiger partial charge in [0, 0.05) is 10.6 Å². The molecular formula is C8H11NS. The SMILES string of the molecule is CCC=C(N)c1cccs1. The Morgan fingerprint density at radius 2 is 2.60 bits per heavy atom. The predicted octanol–water partition coefficient (Wildman–Crippen LogP) is 2.46. The van der Waals surface area contributed by atoms with Crippen molar-refractivity contribution in [3.05, 3.63) is 28.5 Å². The fraction of sp³-hybridized carbons (Fsp3) is 0.250. The molecule has 1 rings (SSSR count). The molecule has 0 aliphatic rings. The molecule has 0 atom stereocenters. The summed E-state index contributed by atoms with van der Waals surface area (Å²) in [7, 11) is 0. The lowest BCUT2D eigenvalue weighted by atomic mass is 10.3. The molecule has 1 aromatic heterocycles. The highest BCUT2D eigenvalue weighted by Crippen LogP contribution is 2.15. The topological polar surface area (TPSA) is 26.0 Å². The zero-order valence-corrected chi connectivity index (χ0v) is 6.82.